The van der Waals surface area contributed by atoms with Gasteiger partial charge >= 0.3 is 0 Å². The van der Waals surface area contributed by atoms with Gasteiger partial charge in [-0.25, -0.2) is 0 Å². The quantitative estimate of drug-likeness (QED) is 0.640. The van der Waals surface area contributed by atoms with Crippen molar-refractivity contribution in [2.45, 2.75) is 29.1 Å². The van der Waals surface area contributed by atoms with E-state index >= 15 is 0 Å². The summed E-state index contributed by atoms with van der Waals surface area (Å²) >= 11 is 1.67. The predicted octanol–water partition coefficient (Wildman–Crippen LogP) is 4.22. The molecule has 19 heavy (non-hydrogen) atoms. The van der Waals surface area contributed by atoms with E-state index in [1.807, 2.05) is 24.3 Å². The molecular weight excluding hydrogens is 252 g/mol. The molecule has 0 aromatic heterocycles. The minimum Gasteiger partial charge on any atom is -0.391 e. The fraction of sp³-hybridized carbons (Fsp3) is 0.294. The van der Waals surface area contributed by atoms with Crippen molar-refractivity contribution in [2.75, 3.05) is 0 Å². The van der Waals surface area contributed by atoms with Gasteiger partial charge in [-0.2, -0.15) is 0 Å². The van der Waals surface area contributed by atoms with Crippen molar-refractivity contribution in [1.29, 1.82) is 0 Å². The van der Waals surface area contributed by atoms with Gasteiger partial charge in [0.2, 0.25) is 0 Å². The van der Waals surface area contributed by atoms with Crippen LogP contribution in [0.15, 0.2) is 72.2 Å². The summed E-state index contributed by atoms with van der Waals surface area (Å²) in [6.45, 7) is 3.87. The topological polar surface area (TPSA) is 20.2 Å². The summed E-state index contributed by atoms with van der Waals surface area (Å²) in [4.78, 5) is 1.17. The number of aliphatic hydroxyl groups excluding tert-OH is 1. The Morgan fingerprint density at radius 1 is 1.21 bits per heavy atom. The minimum atomic E-state index is -0.401. The number of hydrogen-bond acceptors (Lipinski definition) is 2. The van der Waals surface area contributed by atoms with Crippen LogP contribution in [0.1, 0.15) is 12.8 Å². The van der Waals surface area contributed by atoms with Crippen LogP contribution in [0.2, 0.25) is 0 Å². The van der Waals surface area contributed by atoms with E-state index < -0.39 is 6.10 Å². The summed E-state index contributed by atoms with van der Waals surface area (Å²) in [6, 6.07) is 10.2. The minimum absolute atomic E-state index is 0.0172. The van der Waals surface area contributed by atoms with E-state index in [0.717, 1.165) is 12.8 Å². The van der Waals surface area contributed by atoms with E-state index in [0.29, 0.717) is 0 Å². The average Bonchev–Trinajstić information content (AvgIpc) is 2.74. The highest BCUT2D eigenvalue weighted by Gasteiger charge is 2.24. The van der Waals surface area contributed by atoms with Crippen molar-refractivity contribution in [1.82, 2.24) is 0 Å². The van der Waals surface area contributed by atoms with Crippen LogP contribution in [-0.4, -0.2) is 16.5 Å². The molecule has 0 spiro atoms. The molecule has 0 heterocycles. The summed E-state index contributed by atoms with van der Waals surface area (Å²) in [5, 5.41) is 10.6. The lowest BCUT2D eigenvalue weighted by molar-refractivity contribution is 0.139. The number of thioether (sulfide) groups is 1. The zero-order chi connectivity index (χ0) is 13.5. The van der Waals surface area contributed by atoms with Crippen LogP contribution < -0.4 is 0 Å². The van der Waals surface area contributed by atoms with Gasteiger partial charge in [0.1, 0.15) is 0 Å². The Labute approximate surface area is 119 Å². The highest BCUT2D eigenvalue weighted by molar-refractivity contribution is 8.00. The first-order valence-electron chi connectivity index (χ1n) is 6.65. The number of hydrogen-bond donors (Lipinski definition) is 1. The predicted molar refractivity (Wildman–Crippen MR) is 83.3 cm³/mol. The fourth-order valence-electron chi connectivity index (χ4n) is 2.17. The fourth-order valence-corrected chi connectivity index (χ4v) is 3.24. The molecule has 2 heteroatoms. The van der Waals surface area contributed by atoms with E-state index in [9.17, 15) is 5.11 Å². The summed E-state index contributed by atoms with van der Waals surface area (Å²) in [5.41, 5.74) is 0. The Morgan fingerprint density at radius 3 is 2.74 bits per heavy atom. The number of allylic oxidation sites excluding steroid dienone is 3. The van der Waals surface area contributed by atoms with Crippen LogP contribution in [0.3, 0.4) is 0 Å². The van der Waals surface area contributed by atoms with Gasteiger partial charge in [-0.3, -0.25) is 0 Å². The second-order valence-electron chi connectivity index (χ2n) is 4.66. The molecule has 0 amide bonds. The third-order valence-corrected chi connectivity index (χ3v) is 4.54. The summed E-state index contributed by atoms with van der Waals surface area (Å²) in [7, 11) is 0. The van der Waals surface area contributed by atoms with Crippen LogP contribution in [0.5, 0.6) is 0 Å². The van der Waals surface area contributed by atoms with Gasteiger partial charge in [-0.05, 0) is 25.0 Å². The van der Waals surface area contributed by atoms with Crippen LogP contribution in [0, 0.1) is 5.92 Å². The maximum Gasteiger partial charge on any atom is 0.0762 e. The third kappa shape index (κ3) is 4.12. The highest BCUT2D eigenvalue weighted by Crippen LogP contribution is 2.30. The van der Waals surface area contributed by atoms with Crippen molar-refractivity contribution < 1.29 is 5.11 Å². The molecular formula is C17H20OS. The monoisotopic (exact) mass is 272 g/mol. The normalized spacial score (nSPS) is 21.6. The van der Waals surface area contributed by atoms with Crippen LogP contribution in [0.4, 0.5) is 0 Å². The SMILES string of the molecule is C=C[C@@H](Sc1ccccc1)[C@@H](O)C1C=CCC=CC1. The lowest BCUT2D eigenvalue weighted by atomic mass is 9.96. The van der Waals surface area contributed by atoms with Gasteiger partial charge in [0.25, 0.3) is 0 Å². The first-order chi connectivity index (χ1) is 9.31. The summed E-state index contributed by atoms with van der Waals surface area (Å²) in [5.74, 6) is 0.179. The van der Waals surface area contributed by atoms with E-state index in [1.54, 1.807) is 11.8 Å². The molecule has 1 unspecified atom stereocenters. The molecule has 0 saturated carbocycles. The van der Waals surface area contributed by atoms with Crippen molar-refractivity contribution in [3.05, 3.63) is 67.3 Å². The van der Waals surface area contributed by atoms with E-state index in [-0.39, 0.29) is 11.2 Å². The van der Waals surface area contributed by atoms with Crippen LogP contribution in [-0.2, 0) is 0 Å². The Hall–Kier alpha value is -1.25. The standard InChI is InChI=1S/C17H20OS/c1-2-16(19-15-12-8-5-9-13-15)17(18)14-10-6-3-4-7-11-14/h2-3,5-9,11-14,16-18H,1,4,10H2/t14?,16-,17+/m1/s1. The Balaban J connectivity index is 2.04. The van der Waals surface area contributed by atoms with E-state index in [2.05, 4.69) is 43.0 Å². The third-order valence-electron chi connectivity index (χ3n) is 3.25. The molecule has 1 nitrogen and oxygen atoms in total. The smallest absolute Gasteiger partial charge is 0.0762 e. The molecule has 0 radical (unpaired) electrons. The Kier molecular flexibility index (Phi) is 5.49. The van der Waals surface area contributed by atoms with Gasteiger partial charge < -0.3 is 5.11 Å². The maximum atomic E-state index is 10.5. The molecule has 2 rings (SSSR count). The first-order valence-corrected chi connectivity index (χ1v) is 7.53. The van der Waals surface area contributed by atoms with Gasteiger partial charge in [0.05, 0.1) is 11.4 Å². The zero-order valence-electron chi connectivity index (χ0n) is 11.0. The van der Waals surface area contributed by atoms with Gasteiger partial charge in [-0.1, -0.05) is 48.6 Å². The van der Waals surface area contributed by atoms with Gasteiger partial charge in [0, 0.05) is 10.8 Å². The molecule has 0 aliphatic heterocycles. The molecule has 1 aromatic rings. The summed E-state index contributed by atoms with van der Waals surface area (Å²) < 4.78 is 0. The Morgan fingerprint density at radius 2 is 2.00 bits per heavy atom. The second-order valence-corrected chi connectivity index (χ2v) is 5.91. The molecule has 100 valence electrons. The average molecular weight is 272 g/mol. The highest BCUT2D eigenvalue weighted by atomic mass is 32.2. The zero-order valence-corrected chi connectivity index (χ0v) is 11.8. The Bertz CT molecular complexity index is 450. The molecule has 1 N–H and O–H groups in total. The van der Waals surface area contributed by atoms with Gasteiger partial charge in [-0.15, -0.1) is 18.3 Å². The van der Waals surface area contributed by atoms with Crippen molar-refractivity contribution in [3.63, 3.8) is 0 Å². The van der Waals surface area contributed by atoms with E-state index in [4.69, 9.17) is 0 Å². The van der Waals surface area contributed by atoms with Crippen LogP contribution in [0.25, 0.3) is 0 Å². The molecule has 1 aliphatic rings. The van der Waals surface area contributed by atoms with Crippen LogP contribution >= 0.6 is 11.8 Å². The number of benzene rings is 1. The molecule has 0 bridgehead atoms. The molecule has 0 fully saturated rings. The lowest BCUT2D eigenvalue weighted by Crippen LogP contribution is -2.28. The van der Waals surface area contributed by atoms with Gasteiger partial charge in [0.15, 0.2) is 0 Å². The molecule has 1 aliphatic carbocycles. The van der Waals surface area contributed by atoms with Crippen molar-refractivity contribution in [2.24, 2.45) is 5.92 Å². The van der Waals surface area contributed by atoms with Crippen molar-refractivity contribution >= 4 is 11.8 Å². The van der Waals surface area contributed by atoms with E-state index in [1.165, 1.54) is 4.90 Å². The molecule has 1 aromatic carbocycles. The largest absolute Gasteiger partial charge is 0.391 e. The molecule has 0 saturated heterocycles. The maximum absolute atomic E-state index is 10.5. The second kappa shape index (κ2) is 7.37. The molecule has 3 atom stereocenters. The number of aliphatic hydroxyl groups is 1. The number of rotatable bonds is 5. The van der Waals surface area contributed by atoms with Crippen molar-refractivity contribution in [3.8, 4) is 0 Å². The summed E-state index contributed by atoms with van der Waals surface area (Å²) in [6.07, 6.45) is 11.9. The first kappa shape index (κ1) is 14.2. The lowest BCUT2D eigenvalue weighted by Gasteiger charge is -2.24.